The van der Waals surface area contributed by atoms with Gasteiger partial charge < -0.3 is 20.1 Å². The van der Waals surface area contributed by atoms with Crippen LogP contribution in [0.15, 0.2) is 0 Å². The topological polar surface area (TPSA) is 73.5 Å². The highest BCUT2D eigenvalue weighted by Crippen LogP contribution is 2.28. The highest BCUT2D eigenvalue weighted by Gasteiger charge is 2.37. The van der Waals surface area contributed by atoms with E-state index in [9.17, 15) is 4.39 Å². The highest BCUT2D eigenvalue weighted by atomic mass is 35.5. The van der Waals surface area contributed by atoms with E-state index < -0.39 is 5.82 Å². The van der Waals surface area contributed by atoms with Crippen LogP contribution < -0.4 is 16.2 Å². The van der Waals surface area contributed by atoms with Crippen molar-refractivity contribution in [3.63, 3.8) is 0 Å². The van der Waals surface area contributed by atoms with Crippen molar-refractivity contribution < 1.29 is 4.39 Å². The van der Waals surface area contributed by atoms with Crippen LogP contribution in [0.5, 0.6) is 0 Å². The maximum atomic E-state index is 14.4. The molecule has 7 nitrogen and oxygen atoms in total. The standard InChI is InChI=1S/C12H21ClFN7/c1-19(2)7-5-21(6-8(7)20(3)4)11-9(14)10(18-15)16-12(13)17-11/h7-8H,5-6,15H2,1-4H3,(H,16,17,18)/t7-,8+. The zero-order valence-electron chi connectivity index (χ0n) is 12.6. The van der Waals surface area contributed by atoms with E-state index in [1.54, 1.807) is 0 Å². The van der Waals surface area contributed by atoms with Gasteiger partial charge in [-0.05, 0) is 39.8 Å². The van der Waals surface area contributed by atoms with Gasteiger partial charge in [-0.1, -0.05) is 0 Å². The van der Waals surface area contributed by atoms with E-state index >= 15 is 0 Å². The number of hydrazine groups is 1. The van der Waals surface area contributed by atoms with Crippen LogP contribution in [0, 0.1) is 5.82 Å². The van der Waals surface area contributed by atoms with Gasteiger partial charge in [0.25, 0.3) is 0 Å². The van der Waals surface area contributed by atoms with E-state index in [4.69, 9.17) is 17.4 Å². The van der Waals surface area contributed by atoms with Gasteiger partial charge in [0.2, 0.25) is 11.1 Å². The largest absolute Gasteiger partial charge is 0.351 e. The van der Waals surface area contributed by atoms with Crippen LogP contribution in [0.25, 0.3) is 0 Å². The summed E-state index contributed by atoms with van der Waals surface area (Å²) in [6, 6.07) is 0.532. The Morgan fingerprint density at radius 2 is 1.71 bits per heavy atom. The van der Waals surface area contributed by atoms with Crippen LogP contribution in [0.2, 0.25) is 5.28 Å². The Labute approximate surface area is 128 Å². The van der Waals surface area contributed by atoms with Crippen LogP contribution in [-0.2, 0) is 0 Å². The van der Waals surface area contributed by atoms with Crippen LogP contribution in [0.1, 0.15) is 0 Å². The molecule has 2 rings (SSSR count). The quantitative estimate of drug-likeness (QED) is 0.468. The first-order valence-electron chi connectivity index (χ1n) is 6.62. The number of nitrogens with two attached hydrogens (primary N) is 1. The Bertz CT molecular complexity index is 495. The highest BCUT2D eigenvalue weighted by molar-refractivity contribution is 6.28. The monoisotopic (exact) mass is 317 g/mol. The maximum Gasteiger partial charge on any atom is 0.226 e. The first-order valence-corrected chi connectivity index (χ1v) is 7.00. The second kappa shape index (κ2) is 6.27. The van der Waals surface area contributed by atoms with Crippen molar-refractivity contribution in [1.82, 2.24) is 19.8 Å². The first kappa shape index (κ1) is 16.2. The van der Waals surface area contributed by atoms with Gasteiger partial charge in [0.1, 0.15) is 0 Å². The van der Waals surface area contributed by atoms with Crippen molar-refractivity contribution in [2.45, 2.75) is 12.1 Å². The van der Waals surface area contributed by atoms with E-state index in [-0.39, 0.29) is 29.0 Å². The van der Waals surface area contributed by atoms with Gasteiger partial charge in [0.15, 0.2) is 11.6 Å². The summed E-state index contributed by atoms with van der Waals surface area (Å²) in [5, 5.41) is -0.0333. The molecular weight excluding hydrogens is 297 g/mol. The molecule has 0 unspecified atom stereocenters. The second-order valence-corrected chi connectivity index (χ2v) is 5.93. The van der Waals surface area contributed by atoms with E-state index in [1.807, 2.05) is 33.1 Å². The number of rotatable bonds is 4. The van der Waals surface area contributed by atoms with Crippen LogP contribution >= 0.6 is 11.6 Å². The van der Waals surface area contributed by atoms with Crippen LogP contribution in [-0.4, -0.2) is 73.1 Å². The van der Waals surface area contributed by atoms with Gasteiger partial charge in [-0.25, -0.2) is 5.84 Å². The lowest BCUT2D eigenvalue weighted by atomic mass is 10.1. The first-order chi connectivity index (χ1) is 9.85. The van der Waals surface area contributed by atoms with E-state index in [0.717, 1.165) is 0 Å². The van der Waals surface area contributed by atoms with E-state index in [2.05, 4.69) is 25.2 Å². The molecule has 0 saturated carbocycles. The van der Waals surface area contributed by atoms with Crippen LogP contribution in [0.3, 0.4) is 0 Å². The summed E-state index contributed by atoms with van der Waals surface area (Å²) in [6.45, 7) is 1.31. The fraction of sp³-hybridized carbons (Fsp3) is 0.667. The summed E-state index contributed by atoms with van der Waals surface area (Å²) in [7, 11) is 8.06. The third-order valence-electron chi connectivity index (χ3n) is 3.83. The summed E-state index contributed by atoms with van der Waals surface area (Å²) in [6.07, 6.45) is 0. The summed E-state index contributed by atoms with van der Waals surface area (Å²) in [4.78, 5) is 13.9. The summed E-state index contributed by atoms with van der Waals surface area (Å²) in [5.41, 5.74) is 2.21. The maximum absolute atomic E-state index is 14.4. The zero-order chi connectivity index (χ0) is 15.7. The minimum absolute atomic E-state index is 0.0333. The molecule has 118 valence electrons. The zero-order valence-corrected chi connectivity index (χ0v) is 13.4. The molecule has 3 N–H and O–H groups in total. The lowest BCUT2D eigenvalue weighted by Crippen LogP contribution is -2.45. The molecule has 1 aliphatic heterocycles. The number of halogens is 2. The number of likely N-dealkylation sites (N-methyl/N-ethyl adjacent to an activating group) is 2. The predicted molar refractivity (Wildman–Crippen MR) is 82.0 cm³/mol. The lowest BCUT2D eigenvalue weighted by molar-refractivity contribution is 0.191. The molecule has 1 aliphatic rings. The van der Waals surface area contributed by atoms with Gasteiger partial charge in [-0.15, -0.1) is 0 Å². The number of nitrogens with zero attached hydrogens (tertiary/aromatic N) is 5. The van der Waals surface area contributed by atoms with Crippen molar-refractivity contribution in [3.05, 3.63) is 11.1 Å². The van der Waals surface area contributed by atoms with Gasteiger partial charge in [0.05, 0.1) is 0 Å². The van der Waals surface area contributed by atoms with Gasteiger partial charge >= 0.3 is 0 Å². The van der Waals surface area contributed by atoms with Crippen molar-refractivity contribution in [3.8, 4) is 0 Å². The number of nitrogens with one attached hydrogen (secondary N) is 1. The minimum Gasteiger partial charge on any atom is -0.351 e. The SMILES string of the molecule is CN(C)[C@@H]1CN(c2nc(Cl)nc(NN)c2F)C[C@@H]1N(C)C. The van der Waals surface area contributed by atoms with Crippen molar-refractivity contribution >= 4 is 23.2 Å². The number of hydrogen-bond donors (Lipinski definition) is 2. The Balaban J connectivity index is 2.33. The summed E-state index contributed by atoms with van der Waals surface area (Å²) in [5.74, 6) is 4.76. The average Bonchev–Trinajstić information content (AvgIpc) is 2.86. The lowest BCUT2D eigenvalue weighted by Gasteiger charge is -2.29. The Morgan fingerprint density at radius 3 is 2.14 bits per heavy atom. The molecule has 1 saturated heterocycles. The fourth-order valence-corrected chi connectivity index (χ4v) is 2.84. The third kappa shape index (κ3) is 3.18. The number of aromatic nitrogens is 2. The molecule has 1 aromatic heterocycles. The number of hydrogen-bond acceptors (Lipinski definition) is 7. The molecule has 1 aromatic rings. The molecule has 2 atom stereocenters. The molecule has 0 aromatic carbocycles. The molecular formula is C12H21ClFN7. The molecule has 0 spiro atoms. The summed E-state index contributed by atoms with van der Waals surface area (Å²) < 4.78 is 14.4. The number of nitrogen functional groups attached to an aromatic ring is 1. The molecule has 9 heteroatoms. The van der Waals surface area contributed by atoms with E-state index in [0.29, 0.717) is 13.1 Å². The van der Waals surface area contributed by atoms with Crippen molar-refractivity contribution in [2.75, 3.05) is 51.6 Å². The van der Waals surface area contributed by atoms with Crippen molar-refractivity contribution in [2.24, 2.45) is 5.84 Å². The molecule has 2 heterocycles. The smallest absolute Gasteiger partial charge is 0.226 e. The molecule has 0 bridgehead atoms. The van der Waals surface area contributed by atoms with Crippen LogP contribution in [0.4, 0.5) is 16.0 Å². The van der Waals surface area contributed by atoms with Gasteiger partial charge in [-0.3, -0.25) is 0 Å². The number of anilines is 2. The van der Waals surface area contributed by atoms with E-state index in [1.165, 1.54) is 0 Å². The molecule has 1 fully saturated rings. The predicted octanol–water partition coefficient (Wildman–Crippen LogP) is 0.235. The third-order valence-corrected chi connectivity index (χ3v) is 4.00. The van der Waals surface area contributed by atoms with Crippen molar-refractivity contribution in [1.29, 1.82) is 0 Å². The second-order valence-electron chi connectivity index (χ2n) is 5.59. The molecule has 0 radical (unpaired) electrons. The fourth-order valence-electron chi connectivity index (χ4n) is 2.67. The Hall–Kier alpha value is -1.22. The Kier molecular flexibility index (Phi) is 4.82. The normalized spacial score (nSPS) is 22.4. The molecule has 21 heavy (non-hydrogen) atoms. The minimum atomic E-state index is -0.584. The molecule has 0 aliphatic carbocycles. The Morgan fingerprint density at radius 1 is 1.19 bits per heavy atom. The molecule has 0 amide bonds. The van der Waals surface area contributed by atoms with Gasteiger partial charge in [-0.2, -0.15) is 14.4 Å². The summed E-state index contributed by atoms with van der Waals surface area (Å²) >= 11 is 5.85. The average molecular weight is 318 g/mol. The van der Waals surface area contributed by atoms with Gasteiger partial charge in [0, 0.05) is 25.2 Å².